The van der Waals surface area contributed by atoms with Gasteiger partial charge in [0, 0.05) is 43.6 Å². The molecule has 2 aromatic rings. The van der Waals surface area contributed by atoms with Gasteiger partial charge in [0.1, 0.15) is 11.5 Å². The fraction of sp³-hybridized carbons (Fsp3) is 0.476. The molecule has 0 bridgehead atoms. The Morgan fingerprint density at radius 2 is 1.96 bits per heavy atom. The second-order valence-corrected chi connectivity index (χ2v) is 7.53. The van der Waals surface area contributed by atoms with Crippen LogP contribution >= 0.6 is 0 Å². The van der Waals surface area contributed by atoms with E-state index in [4.69, 9.17) is 0 Å². The summed E-state index contributed by atoms with van der Waals surface area (Å²) >= 11 is 0. The molecule has 7 heteroatoms. The molecular formula is C21H29N5O2. The van der Waals surface area contributed by atoms with Gasteiger partial charge in [0.2, 0.25) is 0 Å². The lowest BCUT2D eigenvalue weighted by molar-refractivity contribution is 0.0945. The standard InChI is InChI=1S/C21H29N5O2/c1-14-19(16(3)27)15(2)24-20(14)21(28)23-13-17-6-7-18(22-12-17)26-9-5-8-25(4)10-11-26/h6-7,12,24H,5,8-11,13H2,1-4H3,(H,23,28). The lowest BCUT2D eigenvalue weighted by atomic mass is 10.1. The van der Waals surface area contributed by atoms with Crippen LogP contribution in [0.1, 0.15) is 51.0 Å². The van der Waals surface area contributed by atoms with E-state index in [0.29, 0.717) is 23.4 Å². The third-order valence-electron chi connectivity index (χ3n) is 5.32. The Bertz CT molecular complexity index is 856. The van der Waals surface area contributed by atoms with Gasteiger partial charge in [-0.1, -0.05) is 6.07 Å². The molecule has 150 valence electrons. The number of aromatic amines is 1. The molecule has 7 nitrogen and oxygen atoms in total. The van der Waals surface area contributed by atoms with E-state index in [1.54, 1.807) is 6.92 Å². The monoisotopic (exact) mass is 383 g/mol. The smallest absolute Gasteiger partial charge is 0.268 e. The molecule has 2 aromatic heterocycles. The number of likely N-dealkylation sites (N-methyl/N-ethyl adjacent to an activating group) is 1. The van der Waals surface area contributed by atoms with Gasteiger partial charge in [0.15, 0.2) is 5.78 Å². The van der Waals surface area contributed by atoms with Crippen LogP contribution in [-0.2, 0) is 6.54 Å². The van der Waals surface area contributed by atoms with Crippen LogP contribution in [0.15, 0.2) is 18.3 Å². The minimum atomic E-state index is -0.215. The predicted octanol–water partition coefficient (Wildman–Crippen LogP) is 2.30. The van der Waals surface area contributed by atoms with Gasteiger partial charge in [-0.3, -0.25) is 9.59 Å². The number of carbonyl (C=O) groups is 2. The Morgan fingerprint density at radius 3 is 2.61 bits per heavy atom. The molecule has 28 heavy (non-hydrogen) atoms. The second kappa shape index (κ2) is 8.56. The Kier molecular flexibility index (Phi) is 6.14. The van der Waals surface area contributed by atoms with Gasteiger partial charge in [-0.05, 0) is 58.0 Å². The van der Waals surface area contributed by atoms with Gasteiger partial charge in [-0.15, -0.1) is 0 Å². The fourth-order valence-corrected chi connectivity index (χ4v) is 3.76. The van der Waals surface area contributed by atoms with Crippen LogP contribution in [0.4, 0.5) is 5.82 Å². The number of H-pyrrole nitrogens is 1. The highest BCUT2D eigenvalue weighted by Gasteiger charge is 2.19. The van der Waals surface area contributed by atoms with Crippen molar-refractivity contribution in [2.75, 3.05) is 38.1 Å². The molecule has 3 rings (SSSR count). The van der Waals surface area contributed by atoms with Gasteiger partial charge >= 0.3 is 0 Å². The van der Waals surface area contributed by atoms with Crippen molar-refractivity contribution >= 4 is 17.5 Å². The summed E-state index contributed by atoms with van der Waals surface area (Å²) in [6, 6.07) is 4.02. The molecule has 0 aromatic carbocycles. The molecule has 0 unspecified atom stereocenters. The molecule has 0 spiro atoms. The summed E-state index contributed by atoms with van der Waals surface area (Å²) in [7, 11) is 2.15. The summed E-state index contributed by atoms with van der Waals surface area (Å²) in [4.78, 5) is 36.5. The van der Waals surface area contributed by atoms with E-state index in [1.165, 1.54) is 6.92 Å². The van der Waals surface area contributed by atoms with Crippen molar-refractivity contribution in [3.63, 3.8) is 0 Å². The lowest BCUT2D eigenvalue weighted by Crippen LogP contribution is -2.29. The molecule has 0 radical (unpaired) electrons. The van der Waals surface area contributed by atoms with Crippen molar-refractivity contribution in [3.8, 4) is 0 Å². The highest BCUT2D eigenvalue weighted by atomic mass is 16.2. The van der Waals surface area contributed by atoms with E-state index < -0.39 is 0 Å². The van der Waals surface area contributed by atoms with Crippen LogP contribution in [0.25, 0.3) is 0 Å². The molecule has 3 heterocycles. The molecule has 1 aliphatic heterocycles. The minimum absolute atomic E-state index is 0.0372. The zero-order valence-electron chi connectivity index (χ0n) is 17.1. The average molecular weight is 383 g/mol. The zero-order valence-corrected chi connectivity index (χ0v) is 17.1. The van der Waals surface area contributed by atoms with Gasteiger partial charge in [-0.25, -0.2) is 4.98 Å². The van der Waals surface area contributed by atoms with Crippen molar-refractivity contribution in [3.05, 3.63) is 46.4 Å². The molecule has 0 aliphatic carbocycles. The third kappa shape index (κ3) is 4.42. The minimum Gasteiger partial charge on any atom is -0.355 e. The number of hydrogen-bond donors (Lipinski definition) is 2. The summed E-state index contributed by atoms with van der Waals surface area (Å²) in [6.07, 6.45) is 2.95. The molecule has 1 amide bonds. The lowest BCUT2D eigenvalue weighted by Gasteiger charge is -2.21. The largest absolute Gasteiger partial charge is 0.355 e. The number of rotatable bonds is 5. The second-order valence-electron chi connectivity index (χ2n) is 7.53. The molecule has 1 fully saturated rings. The summed E-state index contributed by atoms with van der Waals surface area (Å²) in [5, 5.41) is 2.91. The van der Waals surface area contributed by atoms with E-state index in [2.05, 4.69) is 32.1 Å². The summed E-state index contributed by atoms with van der Waals surface area (Å²) in [5.41, 5.74) is 3.41. The number of ketones is 1. The van der Waals surface area contributed by atoms with Crippen LogP contribution in [0.2, 0.25) is 0 Å². The first kappa shape index (κ1) is 20.1. The number of amides is 1. The maximum absolute atomic E-state index is 12.5. The van der Waals surface area contributed by atoms with Crippen molar-refractivity contribution in [1.29, 1.82) is 0 Å². The average Bonchev–Trinajstić information content (AvgIpc) is 2.82. The molecule has 0 atom stereocenters. The third-order valence-corrected chi connectivity index (χ3v) is 5.32. The zero-order chi connectivity index (χ0) is 20.3. The van der Waals surface area contributed by atoms with Gasteiger partial charge in [-0.2, -0.15) is 0 Å². The van der Waals surface area contributed by atoms with Crippen LogP contribution in [0.5, 0.6) is 0 Å². The normalized spacial score (nSPS) is 15.4. The van der Waals surface area contributed by atoms with Crippen molar-refractivity contribution in [2.45, 2.75) is 33.7 Å². The first-order valence-corrected chi connectivity index (χ1v) is 9.73. The molecular weight excluding hydrogens is 354 g/mol. The number of Topliss-reactive ketones (excluding diaryl/α,β-unsaturated/α-hetero) is 1. The maximum Gasteiger partial charge on any atom is 0.268 e. The molecule has 1 saturated heterocycles. The van der Waals surface area contributed by atoms with Gasteiger partial charge < -0.3 is 20.1 Å². The molecule has 2 N–H and O–H groups in total. The summed E-state index contributed by atoms with van der Waals surface area (Å²) in [6.45, 7) is 9.65. The number of nitrogens with zero attached hydrogens (tertiary/aromatic N) is 3. The molecule has 0 saturated carbocycles. The summed E-state index contributed by atoms with van der Waals surface area (Å²) in [5.74, 6) is 0.727. The highest BCUT2D eigenvalue weighted by molar-refractivity contribution is 6.02. The number of anilines is 1. The number of carbonyl (C=O) groups excluding carboxylic acids is 2. The fourth-order valence-electron chi connectivity index (χ4n) is 3.76. The van der Waals surface area contributed by atoms with Crippen molar-refractivity contribution in [2.24, 2.45) is 0 Å². The number of hydrogen-bond acceptors (Lipinski definition) is 5. The van der Waals surface area contributed by atoms with Gasteiger partial charge in [0.25, 0.3) is 5.91 Å². The van der Waals surface area contributed by atoms with Crippen LogP contribution in [0, 0.1) is 13.8 Å². The van der Waals surface area contributed by atoms with E-state index in [0.717, 1.165) is 49.7 Å². The van der Waals surface area contributed by atoms with Crippen LogP contribution in [0.3, 0.4) is 0 Å². The first-order chi connectivity index (χ1) is 13.4. The predicted molar refractivity (Wildman–Crippen MR) is 110 cm³/mol. The van der Waals surface area contributed by atoms with Crippen molar-refractivity contribution in [1.82, 2.24) is 20.2 Å². The number of pyridine rings is 1. The van der Waals surface area contributed by atoms with E-state index in [1.807, 2.05) is 25.3 Å². The van der Waals surface area contributed by atoms with E-state index in [9.17, 15) is 9.59 Å². The topological polar surface area (TPSA) is 81.3 Å². The Balaban J connectivity index is 1.61. The van der Waals surface area contributed by atoms with E-state index >= 15 is 0 Å². The highest BCUT2D eigenvalue weighted by Crippen LogP contribution is 2.19. The number of nitrogens with one attached hydrogen (secondary N) is 2. The number of aryl methyl sites for hydroxylation is 1. The SMILES string of the molecule is CC(=O)c1c(C)[nH]c(C(=O)NCc2ccc(N3CCCN(C)CC3)nc2)c1C. The van der Waals surface area contributed by atoms with Crippen LogP contribution < -0.4 is 10.2 Å². The maximum atomic E-state index is 12.5. The number of aromatic nitrogens is 2. The van der Waals surface area contributed by atoms with E-state index in [-0.39, 0.29) is 11.7 Å². The Morgan fingerprint density at radius 1 is 1.18 bits per heavy atom. The Labute approximate surface area is 166 Å². The van der Waals surface area contributed by atoms with Gasteiger partial charge in [0.05, 0.1) is 0 Å². The first-order valence-electron chi connectivity index (χ1n) is 9.73. The van der Waals surface area contributed by atoms with Crippen LogP contribution in [-0.4, -0.2) is 59.8 Å². The molecule has 1 aliphatic rings. The Hall–Kier alpha value is -2.67. The quantitative estimate of drug-likeness (QED) is 0.775. The summed E-state index contributed by atoms with van der Waals surface area (Å²) < 4.78 is 0. The van der Waals surface area contributed by atoms with Crippen molar-refractivity contribution < 1.29 is 9.59 Å².